The number of carbonyl (C=O) groups excluding carboxylic acids is 1. The van der Waals surface area contributed by atoms with Crippen molar-refractivity contribution < 1.29 is 9.53 Å². The van der Waals surface area contributed by atoms with Gasteiger partial charge in [0.05, 0.1) is 5.69 Å². The number of amides is 1. The number of rotatable bonds is 3. The fourth-order valence-electron chi connectivity index (χ4n) is 2.42. The van der Waals surface area contributed by atoms with Gasteiger partial charge in [0.15, 0.2) is 18.0 Å². The number of ether oxygens (including phenoxy) is 1. The van der Waals surface area contributed by atoms with E-state index in [4.69, 9.17) is 4.74 Å². The summed E-state index contributed by atoms with van der Waals surface area (Å²) in [5.41, 5.74) is 1.69. The lowest BCUT2D eigenvalue weighted by Gasteiger charge is -2.15. The lowest BCUT2D eigenvalue weighted by Crippen LogP contribution is -2.32. The largest absolute Gasteiger partial charge is 0.480 e. The van der Waals surface area contributed by atoms with Gasteiger partial charge in [-0.1, -0.05) is 0 Å². The molecule has 3 rings (SSSR count). The van der Waals surface area contributed by atoms with Crippen molar-refractivity contribution in [3.8, 4) is 5.75 Å². The molecule has 1 aliphatic heterocycles. The standard InChI is InChI=1S/C14H17N3O2/c1-11-9-17-8-4-5-12(14(17)15-11)19-10-13(18)16-6-2-3-7-16/h4-5,8-9H,2-3,6-7,10H2,1H3. The van der Waals surface area contributed by atoms with Crippen LogP contribution in [0.4, 0.5) is 0 Å². The third kappa shape index (κ3) is 2.41. The van der Waals surface area contributed by atoms with Crippen LogP contribution in [0.5, 0.6) is 5.75 Å². The van der Waals surface area contributed by atoms with E-state index < -0.39 is 0 Å². The molecule has 2 aromatic rings. The zero-order chi connectivity index (χ0) is 13.2. The summed E-state index contributed by atoms with van der Waals surface area (Å²) in [6, 6.07) is 3.74. The molecule has 2 aromatic heterocycles. The molecule has 5 nitrogen and oxygen atoms in total. The first-order chi connectivity index (χ1) is 9.24. The molecule has 1 amide bonds. The summed E-state index contributed by atoms with van der Waals surface area (Å²) < 4.78 is 7.54. The number of fused-ring (bicyclic) bond motifs is 1. The molecule has 0 bridgehead atoms. The molecule has 100 valence electrons. The van der Waals surface area contributed by atoms with Gasteiger partial charge in [-0.05, 0) is 31.9 Å². The molecule has 5 heteroatoms. The number of likely N-dealkylation sites (tertiary alicyclic amines) is 1. The maximum atomic E-state index is 11.9. The summed E-state index contributed by atoms with van der Waals surface area (Å²) in [4.78, 5) is 18.2. The predicted octanol–water partition coefficient (Wildman–Crippen LogP) is 1.64. The van der Waals surface area contributed by atoms with Gasteiger partial charge in [-0.2, -0.15) is 0 Å². The Balaban J connectivity index is 1.72. The second-order valence-electron chi connectivity index (χ2n) is 4.86. The van der Waals surface area contributed by atoms with Gasteiger partial charge in [0.2, 0.25) is 0 Å². The fraction of sp³-hybridized carbons (Fsp3) is 0.429. The number of imidazole rings is 1. The monoisotopic (exact) mass is 259 g/mol. The molecule has 0 radical (unpaired) electrons. The highest BCUT2D eigenvalue weighted by Gasteiger charge is 2.18. The molecule has 0 aromatic carbocycles. The zero-order valence-electron chi connectivity index (χ0n) is 11.0. The van der Waals surface area contributed by atoms with E-state index in [0.29, 0.717) is 5.75 Å². The molecule has 0 N–H and O–H groups in total. The van der Waals surface area contributed by atoms with Crippen molar-refractivity contribution in [2.45, 2.75) is 19.8 Å². The van der Waals surface area contributed by atoms with Gasteiger partial charge in [-0.25, -0.2) is 4.98 Å². The highest BCUT2D eigenvalue weighted by molar-refractivity contribution is 5.78. The summed E-state index contributed by atoms with van der Waals surface area (Å²) in [6.45, 7) is 3.74. The van der Waals surface area contributed by atoms with E-state index in [1.807, 2.05) is 40.8 Å². The van der Waals surface area contributed by atoms with Gasteiger partial charge in [0, 0.05) is 25.5 Å². The molecular weight excluding hydrogens is 242 g/mol. The van der Waals surface area contributed by atoms with E-state index in [2.05, 4.69) is 4.98 Å². The Bertz CT molecular complexity index is 600. The first kappa shape index (κ1) is 12.0. The number of hydrogen-bond donors (Lipinski definition) is 0. The van der Waals surface area contributed by atoms with Crippen molar-refractivity contribution in [1.82, 2.24) is 14.3 Å². The van der Waals surface area contributed by atoms with E-state index in [9.17, 15) is 4.79 Å². The van der Waals surface area contributed by atoms with Crippen LogP contribution in [0.15, 0.2) is 24.5 Å². The van der Waals surface area contributed by atoms with Crippen LogP contribution in [0.1, 0.15) is 18.5 Å². The Hall–Kier alpha value is -2.04. The molecule has 0 atom stereocenters. The van der Waals surface area contributed by atoms with Crippen molar-refractivity contribution in [2.75, 3.05) is 19.7 Å². The van der Waals surface area contributed by atoms with E-state index in [-0.39, 0.29) is 12.5 Å². The molecule has 0 spiro atoms. The fourth-order valence-corrected chi connectivity index (χ4v) is 2.42. The molecule has 1 saturated heterocycles. The van der Waals surface area contributed by atoms with Gasteiger partial charge >= 0.3 is 0 Å². The minimum absolute atomic E-state index is 0.0581. The van der Waals surface area contributed by atoms with Crippen molar-refractivity contribution >= 4 is 11.6 Å². The van der Waals surface area contributed by atoms with Gasteiger partial charge in [0.25, 0.3) is 5.91 Å². The minimum Gasteiger partial charge on any atom is -0.480 e. The van der Waals surface area contributed by atoms with E-state index in [0.717, 1.165) is 37.3 Å². The lowest BCUT2D eigenvalue weighted by atomic mass is 10.4. The molecule has 1 aliphatic rings. The first-order valence-electron chi connectivity index (χ1n) is 6.59. The van der Waals surface area contributed by atoms with Gasteiger partial charge in [0.1, 0.15) is 0 Å². The van der Waals surface area contributed by atoms with Crippen LogP contribution in [0.3, 0.4) is 0 Å². The highest BCUT2D eigenvalue weighted by Crippen LogP contribution is 2.19. The molecule has 3 heterocycles. The second-order valence-corrected chi connectivity index (χ2v) is 4.86. The van der Waals surface area contributed by atoms with Gasteiger partial charge in [-0.15, -0.1) is 0 Å². The Morgan fingerprint density at radius 1 is 1.42 bits per heavy atom. The molecule has 0 aliphatic carbocycles. The molecular formula is C14H17N3O2. The average Bonchev–Trinajstić information content (AvgIpc) is 3.03. The van der Waals surface area contributed by atoms with Crippen molar-refractivity contribution in [3.63, 3.8) is 0 Å². The van der Waals surface area contributed by atoms with E-state index in [1.165, 1.54) is 0 Å². The summed E-state index contributed by atoms with van der Waals surface area (Å²) in [7, 11) is 0. The molecule has 0 unspecified atom stereocenters. The quantitative estimate of drug-likeness (QED) is 0.842. The topological polar surface area (TPSA) is 46.8 Å². The zero-order valence-corrected chi connectivity index (χ0v) is 11.0. The highest BCUT2D eigenvalue weighted by atomic mass is 16.5. The Labute approximate surface area is 111 Å². The van der Waals surface area contributed by atoms with Gasteiger partial charge < -0.3 is 14.0 Å². The maximum absolute atomic E-state index is 11.9. The number of aryl methyl sites for hydroxylation is 1. The lowest BCUT2D eigenvalue weighted by molar-refractivity contribution is -0.132. The van der Waals surface area contributed by atoms with Crippen molar-refractivity contribution in [3.05, 3.63) is 30.2 Å². The third-order valence-corrected chi connectivity index (χ3v) is 3.38. The SMILES string of the molecule is Cc1cn2cccc(OCC(=O)N3CCCC3)c2n1. The van der Waals surface area contributed by atoms with Crippen LogP contribution >= 0.6 is 0 Å². The average molecular weight is 259 g/mol. The van der Waals surface area contributed by atoms with Gasteiger partial charge in [-0.3, -0.25) is 4.79 Å². The number of hydrogen-bond acceptors (Lipinski definition) is 3. The molecule has 1 fully saturated rings. The van der Waals surface area contributed by atoms with Crippen LogP contribution in [0.25, 0.3) is 5.65 Å². The summed E-state index contributed by atoms with van der Waals surface area (Å²) in [6.07, 6.45) is 6.05. The van der Waals surface area contributed by atoms with Crippen LogP contribution in [0, 0.1) is 6.92 Å². The number of aromatic nitrogens is 2. The Kier molecular flexibility index (Phi) is 3.11. The first-order valence-corrected chi connectivity index (χ1v) is 6.59. The van der Waals surface area contributed by atoms with Crippen LogP contribution < -0.4 is 4.74 Å². The van der Waals surface area contributed by atoms with E-state index in [1.54, 1.807) is 0 Å². The summed E-state index contributed by atoms with van der Waals surface area (Å²) in [5, 5.41) is 0. The third-order valence-electron chi connectivity index (χ3n) is 3.38. The minimum atomic E-state index is 0.0581. The normalized spacial score (nSPS) is 15.1. The predicted molar refractivity (Wildman–Crippen MR) is 71.2 cm³/mol. The Morgan fingerprint density at radius 3 is 3.00 bits per heavy atom. The van der Waals surface area contributed by atoms with Crippen LogP contribution in [-0.2, 0) is 4.79 Å². The van der Waals surface area contributed by atoms with Crippen LogP contribution in [-0.4, -0.2) is 39.9 Å². The van der Waals surface area contributed by atoms with Crippen LogP contribution in [0.2, 0.25) is 0 Å². The van der Waals surface area contributed by atoms with Crippen molar-refractivity contribution in [2.24, 2.45) is 0 Å². The summed E-state index contributed by atoms with van der Waals surface area (Å²) >= 11 is 0. The molecule has 0 saturated carbocycles. The second kappa shape index (κ2) is 4.91. The number of carbonyl (C=O) groups is 1. The van der Waals surface area contributed by atoms with Crippen molar-refractivity contribution in [1.29, 1.82) is 0 Å². The summed E-state index contributed by atoms with van der Waals surface area (Å²) in [5.74, 6) is 0.714. The number of pyridine rings is 1. The maximum Gasteiger partial charge on any atom is 0.260 e. The smallest absolute Gasteiger partial charge is 0.260 e. The number of nitrogens with zero attached hydrogens (tertiary/aromatic N) is 3. The molecule has 19 heavy (non-hydrogen) atoms. The van der Waals surface area contributed by atoms with E-state index >= 15 is 0 Å². The Morgan fingerprint density at radius 2 is 2.21 bits per heavy atom.